The lowest BCUT2D eigenvalue weighted by Gasteiger charge is -2.28. The smallest absolute Gasteiger partial charge is 0.175 e. The van der Waals surface area contributed by atoms with E-state index in [0.717, 1.165) is 17.0 Å². The van der Waals surface area contributed by atoms with E-state index in [9.17, 15) is 4.79 Å². The Balaban J connectivity index is 1.91. The van der Waals surface area contributed by atoms with E-state index in [1.807, 2.05) is 11.8 Å². The summed E-state index contributed by atoms with van der Waals surface area (Å²) in [5, 5.41) is 2.35. The van der Waals surface area contributed by atoms with Gasteiger partial charge < -0.3 is 0 Å². The maximum absolute atomic E-state index is 12.3. The summed E-state index contributed by atoms with van der Waals surface area (Å²) in [4.78, 5) is 18.1. The van der Waals surface area contributed by atoms with Gasteiger partial charge in [0.25, 0.3) is 0 Å². The van der Waals surface area contributed by atoms with Gasteiger partial charge in [-0.3, -0.25) is 4.79 Å². The second-order valence-electron chi connectivity index (χ2n) is 6.38. The van der Waals surface area contributed by atoms with Gasteiger partial charge in [-0.05, 0) is 18.3 Å². The largest absolute Gasteiger partial charge is 0.293 e. The van der Waals surface area contributed by atoms with Crippen molar-refractivity contribution >= 4 is 40.6 Å². The van der Waals surface area contributed by atoms with Crippen molar-refractivity contribution in [2.24, 2.45) is 5.41 Å². The third-order valence-electron chi connectivity index (χ3n) is 3.95. The number of aromatic nitrogens is 1. The van der Waals surface area contributed by atoms with Gasteiger partial charge in [0.2, 0.25) is 0 Å². The standard InChI is InChI=1S/C15H21NOS3/c1-4-11-13(19-6-5-18-11)14-16-9-7-15(2,3)8-10(17)12(9)20-14/h11,13H,4-8H2,1-3H3. The van der Waals surface area contributed by atoms with Crippen LogP contribution in [0.25, 0.3) is 0 Å². The molecule has 1 aromatic heterocycles. The van der Waals surface area contributed by atoms with Gasteiger partial charge in [-0.15, -0.1) is 23.1 Å². The van der Waals surface area contributed by atoms with Gasteiger partial charge in [-0.2, -0.15) is 11.8 Å². The van der Waals surface area contributed by atoms with Crippen molar-refractivity contribution in [3.8, 4) is 0 Å². The number of thioether (sulfide) groups is 2. The van der Waals surface area contributed by atoms with Gasteiger partial charge in [0.05, 0.1) is 15.8 Å². The van der Waals surface area contributed by atoms with Crippen molar-refractivity contribution in [1.82, 2.24) is 4.98 Å². The third kappa shape index (κ3) is 2.81. The first kappa shape index (κ1) is 14.9. The molecule has 0 saturated carbocycles. The Morgan fingerprint density at radius 2 is 2.00 bits per heavy atom. The third-order valence-corrected chi connectivity index (χ3v) is 8.57. The highest BCUT2D eigenvalue weighted by Gasteiger charge is 2.36. The Bertz CT molecular complexity index is 523. The van der Waals surface area contributed by atoms with Gasteiger partial charge in [0.15, 0.2) is 5.78 Å². The molecule has 20 heavy (non-hydrogen) atoms. The highest BCUT2D eigenvalue weighted by molar-refractivity contribution is 8.06. The van der Waals surface area contributed by atoms with Crippen molar-refractivity contribution in [2.45, 2.75) is 50.5 Å². The first-order valence-corrected chi connectivity index (χ1v) is 10.2. The van der Waals surface area contributed by atoms with Crippen LogP contribution < -0.4 is 0 Å². The molecule has 1 aliphatic carbocycles. The van der Waals surface area contributed by atoms with Crippen LogP contribution in [-0.2, 0) is 6.42 Å². The van der Waals surface area contributed by atoms with Crippen molar-refractivity contribution in [1.29, 1.82) is 0 Å². The van der Waals surface area contributed by atoms with E-state index in [1.165, 1.54) is 22.9 Å². The molecule has 2 aliphatic rings. The molecule has 0 radical (unpaired) electrons. The van der Waals surface area contributed by atoms with Gasteiger partial charge in [0.1, 0.15) is 5.01 Å². The summed E-state index contributed by atoms with van der Waals surface area (Å²) in [6, 6.07) is 0. The molecule has 0 spiro atoms. The van der Waals surface area contributed by atoms with Crippen LogP contribution in [0.4, 0.5) is 0 Å². The molecule has 0 bridgehead atoms. The number of rotatable bonds is 2. The number of ketones is 1. The van der Waals surface area contributed by atoms with Crippen molar-refractivity contribution < 1.29 is 4.79 Å². The minimum absolute atomic E-state index is 0.0774. The lowest BCUT2D eigenvalue weighted by molar-refractivity contribution is 0.0916. The SMILES string of the molecule is CCC1SCCSC1c1nc2c(s1)C(=O)CC(C)(C)C2. The number of fused-ring (bicyclic) bond motifs is 1. The fourth-order valence-electron chi connectivity index (χ4n) is 2.99. The fourth-order valence-corrected chi connectivity index (χ4v) is 7.43. The van der Waals surface area contributed by atoms with Crippen molar-refractivity contribution in [2.75, 3.05) is 11.5 Å². The van der Waals surface area contributed by atoms with Crippen LogP contribution in [0.15, 0.2) is 0 Å². The van der Waals surface area contributed by atoms with Crippen LogP contribution in [0.5, 0.6) is 0 Å². The molecule has 2 unspecified atom stereocenters. The van der Waals surface area contributed by atoms with E-state index < -0.39 is 0 Å². The molecule has 0 amide bonds. The molecule has 2 nitrogen and oxygen atoms in total. The fraction of sp³-hybridized carbons (Fsp3) is 0.733. The highest BCUT2D eigenvalue weighted by Crippen LogP contribution is 2.47. The molecule has 0 N–H and O–H groups in total. The topological polar surface area (TPSA) is 30.0 Å². The van der Waals surface area contributed by atoms with Crippen LogP contribution in [0.3, 0.4) is 0 Å². The van der Waals surface area contributed by atoms with E-state index in [4.69, 9.17) is 4.98 Å². The number of carbonyl (C=O) groups excluding carboxylic acids is 1. The van der Waals surface area contributed by atoms with Crippen LogP contribution in [0.1, 0.15) is 59.2 Å². The minimum Gasteiger partial charge on any atom is -0.293 e. The highest BCUT2D eigenvalue weighted by atomic mass is 32.2. The van der Waals surface area contributed by atoms with Crippen LogP contribution in [0, 0.1) is 5.41 Å². The van der Waals surface area contributed by atoms with E-state index in [-0.39, 0.29) is 5.41 Å². The Kier molecular flexibility index (Phi) is 4.22. The lowest BCUT2D eigenvalue weighted by atomic mass is 9.78. The molecule has 5 heteroatoms. The Morgan fingerprint density at radius 3 is 2.75 bits per heavy atom. The van der Waals surface area contributed by atoms with Gasteiger partial charge in [-0.25, -0.2) is 4.98 Å². The summed E-state index contributed by atoms with van der Waals surface area (Å²) in [5.41, 5.74) is 1.14. The van der Waals surface area contributed by atoms with E-state index >= 15 is 0 Å². The van der Waals surface area contributed by atoms with Gasteiger partial charge >= 0.3 is 0 Å². The molecule has 2 heterocycles. The zero-order valence-electron chi connectivity index (χ0n) is 12.3. The summed E-state index contributed by atoms with van der Waals surface area (Å²) >= 11 is 5.78. The molecular formula is C15H21NOS3. The first-order valence-electron chi connectivity index (χ1n) is 7.26. The molecule has 2 atom stereocenters. The first-order chi connectivity index (χ1) is 9.50. The number of nitrogens with zero attached hydrogens (tertiary/aromatic N) is 1. The van der Waals surface area contributed by atoms with E-state index in [2.05, 4.69) is 32.5 Å². The predicted octanol–water partition coefficient (Wildman–Crippen LogP) is 4.60. The number of thiazole rings is 1. The Morgan fingerprint density at radius 1 is 1.25 bits per heavy atom. The lowest BCUT2D eigenvalue weighted by Crippen LogP contribution is -2.26. The molecule has 110 valence electrons. The predicted molar refractivity (Wildman–Crippen MR) is 90.3 cm³/mol. The van der Waals surface area contributed by atoms with Gasteiger partial charge in [-0.1, -0.05) is 20.8 Å². The molecule has 1 saturated heterocycles. The summed E-state index contributed by atoms with van der Waals surface area (Å²) in [5.74, 6) is 2.76. The van der Waals surface area contributed by atoms with Crippen molar-refractivity contribution in [3.05, 3.63) is 15.6 Å². The average Bonchev–Trinajstić information content (AvgIpc) is 2.81. The Labute approximate surface area is 133 Å². The summed E-state index contributed by atoms with van der Waals surface area (Å²) in [7, 11) is 0. The quantitative estimate of drug-likeness (QED) is 0.794. The number of Topliss-reactive ketones (excluding diaryl/α,β-unsaturated/α-hetero) is 1. The molecule has 1 aromatic rings. The second kappa shape index (κ2) is 5.65. The van der Waals surface area contributed by atoms with Gasteiger partial charge in [0, 0.05) is 23.2 Å². The molecule has 3 rings (SSSR count). The Hall–Kier alpha value is -0.0000000000000000555. The average molecular weight is 328 g/mol. The monoisotopic (exact) mass is 327 g/mol. The molecule has 1 fully saturated rings. The van der Waals surface area contributed by atoms with Crippen LogP contribution >= 0.6 is 34.9 Å². The minimum atomic E-state index is 0.0774. The zero-order valence-corrected chi connectivity index (χ0v) is 14.7. The maximum Gasteiger partial charge on any atom is 0.175 e. The number of hydrogen-bond acceptors (Lipinski definition) is 5. The van der Waals surface area contributed by atoms with Crippen LogP contribution in [-0.4, -0.2) is 27.5 Å². The maximum atomic E-state index is 12.3. The number of hydrogen-bond donors (Lipinski definition) is 0. The van der Waals surface area contributed by atoms with Crippen molar-refractivity contribution in [3.63, 3.8) is 0 Å². The molecular weight excluding hydrogens is 306 g/mol. The second-order valence-corrected chi connectivity index (χ2v) is 10.0. The normalized spacial score (nSPS) is 29.2. The van der Waals surface area contributed by atoms with E-state index in [0.29, 0.717) is 22.7 Å². The van der Waals surface area contributed by atoms with Crippen LogP contribution in [0.2, 0.25) is 0 Å². The summed E-state index contributed by atoms with van der Waals surface area (Å²) in [6.45, 7) is 6.61. The zero-order chi connectivity index (χ0) is 14.3. The van der Waals surface area contributed by atoms with E-state index in [1.54, 1.807) is 11.3 Å². The molecule has 0 aromatic carbocycles. The summed E-state index contributed by atoms with van der Waals surface area (Å²) < 4.78 is 0. The molecule has 1 aliphatic heterocycles. The summed E-state index contributed by atoms with van der Waals surface area (Å²) in [6.07, 6.45) is 2.81. The number of carbonyl (C=O) groups is 1.